The molecule has 106 valence electrons. The normalized spacial score (nSPS) is 10.7. The largest absolute Gasteiger partial charge is 0.439 e. The maximum atomic E-state index is 5.75. The highest BCUT2D eigenvalue weighted by Crippen LogP contribution is 2.27. The number of nitrogen functional groups attached to an aromatic ring is 1. The first-order chi connectivity index (χ1) is 9.49. The van der Waals surface area contributed by atoms with Gasteiger partial charge in [-0.15, -0.1) is 0 Å². The first-order valence-corrected chi connectivity index (χ1v) is 6.60. The van der Waals surface area contributed by atoms with E-state index in [0.29, 0.717) is 17.6 Å². The third-order valence-corrected chi connectivity index (χ3v) is 3.06. The molecular weight excluding hydrogens is 252 g/mol. The topological polar surface area (TPSA) is 73.1 Å². The molecule has 5 heteroatoms. The zero-order valence-corrected chi connectivity index (χ0v) is 12.3. The number of hydrogen-bond donors (Lipinski definition) is 2. The van der Waals surface area contributed by atoms with E-state index in [9.17, 15) is 0 Å². The lowest BCUT2D eigenvalue weighted by Gasteiger charge is -2.12. The van der Waals surface area contributed by atoms with Crippen molar-refractivity contribution < 1.29 is 4.74 Å². The van der Waals surface area contributed by atoms with Crippen LogP contribution in [0.2, 0.25) is 0 Å². The fraction of sp³-hybridized carbons (Fsp3) is 0.333. The van der Waals surface area contributed by atoms with Crippen molar-refractivity contribution in [2.45, 2.75) is 26.7 Å². The Hall–Kier alpha value is -2.30. The predicted molar refractivity (Wildman–Crippen MR) is 81.3 cm³/mol. The van der Waals surface area contributed by atoms with Crippen LogP contribution in [0.3, 0.4) is 0 Å². The van der Waals surface area contributed by atoms with Crippen LogP contribution in [0.1, 0.15) is 30.9 Å². The Morgan fingerprint density at radius 2 is 1.95 bits per heavy atom. The van der Waals surface area contributed by atoms with E-state index >= 15 is 0 Å². The summed E-state index contributed by atoms with van der Waals surface area (Å²) < 4.78 is 5.75. The zero-order valence-electron chi connectivity index (χ0n) is 12.3. The second kappa shape index (κ2) is 5.77. The molecule has 0 amide bonds. The Kier molecular flexibility index (Phi) is 4.08. The molecule has 0 aliphatic heterocycles. The summed E-state index contributed by atoms with van der Waals surface area (Å²) in [6.07, 6.45) is 0. The molecule has 1 heterocycles. The molecule has 0 radical (unpaired) electrons. The molecule has 5 nitrogen and oxygen atoms in total. The van der Waals surface area contributed by atoms with Gasteiger partial charge in [0.2, 0.25) is 11.8 Å². The first-order valence-electron chi connectivity index (χ1n) is 6.60. The van der Waals surface area contributed by atoms with E-state index in [2.05, 4.69) is 42.1 Å². The lowest BCUT2D eigenvalue weighted by molar-refractivity contribution is 0.462. The van der Waals surface area contributed by atoms with Crippen LogP contribution in [0.4, 0.5) is 11.8 Å². The molecule has 2 aromatic rings. The summed E-state index contributed by atoms with van der Waals surface area (Å²) in [5.74, 6) is 2.48. The van der Waals surface area contributed by atoms with Crippen LogP contribution in [-0.4, -0.2) is 17.0 Å². The van der Waals surface area contributed by atoms with Crippen molar-refractivity contribution in [2.24, 2.45) is 0 Å². The quantitative estimate of drug-likeness (QED) is 0.893. The molecule has 1 aromatic carbocycles. The summed E-state index contributed by atoms with van der Waals surface area (Å²) in [7, 11) is 1.77. The molecule has 0 aliphatic carbocycles. The summed E-state index contributed by atoms with van der Waals surface area (Å²) >= 11 is 0. The first kappa shape index (κ1) is 14.1. The summed E-state index contributed by atoms with van der Waals surface area (Å²) in [5, 5.41) is 2.92. The number of nitrogens with one attached hydrogen (secondary N) is 1. The van der Waals surface area contributed by atoms with Crippen LogP contribution < -0.4 is 15.8 Å². The van der Waals surface area contributed by atoms with Crippen molar-refractivity contribution >= 4 is 11.8 Å². The van der Waals surface area contributed by atoms with Crippen LogP contribution in [0.25, 0.3) is 0 Å². The molecule has 0 bridgehead atoms. The number of hydrogen-bond acceptors (Lipinski definition) is 5. The third kappa shape index (κ3) is 3.17. The lowest BCUT2D eigenvalue weighted by atomic mass is 9.98. The standard InChI is InChI=1S/C15H20N4O/c1-9(2)12-6-5-11(7-10(12)3)20-14-8-13(17-4)18-15(16)19-14/h5-9H,1-4H3,(H3,16,17,18,19). The maximum absolute atomic E-state index is 5.75. The molecule has 0 fully saturated rings. The van der Waals surface area contributed by atoms with Crippen molar-refractivity contribution in [1.29, 1.82) is 0 Å². The van der Waals surface area contributed by atoms with Crippen molar-refractivity contribution in [2.75, 3.05) is 18.1 Å². The highest BCUT2D eigenvalue weighted by atomic mass is 16.5. The monoisotopic (exact) mass is 272 g/mol. The Morgan fingerprint density at radius 3 is 2.55 bits per heavy atom. The van der Waals surface area contributed by atoms with Crippen LogP contribution in [-0.2, 0) is 0 Å². The van der Waals surface area contributed by atoms with E-state index in [0.717, 1.165) is 5.75 Å². The van der Waals surface area contributed by atoms with E-state index in [1.54, 1.807) is 13.1 Å². The van der Waals surface area contributed by atoms with Crippen LogP contribution >= 0.6 is 0 Å². The van der Waals surface area contributed by atoms with Crippen LogP contribution in [0.5, 0.6) is 11.6 Å². The molecule has 20 heavy (non-hydrogen) atoms. The van der Waals surface area contributed by atoms with E-state index in [4.69, 9.17) is 10.5 Å². The van der Waals surface area contributed by atoms with Gasteiger partial charge >= 0.3 is 0 Å². The van der Waals surface area contributed by atoms with E-state index in [-0.39, 0.29) is 5.95 Å². The number of ether oxygens (including phenoxy) is 1. The highest BCUT2D eigenvalue weighted by molar-refractivity contribution is 5.44. The van der Waals surface area contributed by atoms with Gasteiger partial charge in [-0.2, -0.15) is 9.97 Å². The van der Waals surface area contributed by atoms with Crippen molar-refractivity contribution in [3.05, 3.63) is 35.4 Å². The number of nitrogens with zero attached hydrogens (tertiary/aromatic N) is 2. The number of anilines is 2. The summed E-state index contributed by atoms with van der Waals surface area (Å²) in [5.41, 5.74) is 8.16. The second-order valence-corrected chi connectivity index (χ2v) is 4.97. The van der Waals surface area contributed by atoms with Crippen molar-refractivity contribution in [3.8, 4) is 11.6 Å². The molecule has 0 aliphatic rings. The third-order valence-electron chi connectivity index (χ3n) is 3.06. The molecule has 0 saturated heterocycles. The minimum absolute atomic E-state index is 0.183. The molecule has 3 N–H and O–H groups in total. The average Bonchev–Trinajstić information content (AvgIpc) is 2.37. The van der Waals surface area contributed by atoms with Gasteiger partial charge < -0.3 is 15.8 Å². The van der Waals surface area contributed by atoms with Gasteiger partial charge in [-0.1, -0.05) is 19.9 Å². The fourth-order valence-corrected chi connectivity index (χ4v) is 2.10. The Morgan fingerprint density at radius 1 is 1.20 bits per heavy atom. The van der Waals surface area contributed by atoms with Gasteiger partial charge in [-0.25, -0.2) is 0 Å². The van der Waals surface area contributed by atoms with Crippen LogP contribution in [0.15, 0.2) is 24.3 Å². The molecule has 0 saturated carbocycles. The summed E-state index contributed by atoms with van der Waals surface area (Å²) in [6.45, 7) is 6.43. The van der Waals surface area contributed by atoms with Crippen LogP contribution in [0, 0.1) is 6.92 Å². The van der Waals surface area contributed by atoms with Gasteiger partial charge in [0.1, 0.15) is 11.6 Å². The van der Waals surface area contributed by atoms with E-state index < -0.39 is 0 Å². The van der Waals surface area contributed by atoms with Crippen molar-refractivity contribution in [3.63, 3.8) is 0 Å². The maximum Gasteiger partial charge on any atom is 0.226 e. The average molecular weight is 272 g/mol. The smallest absolute Gasteiger partial charge is 0.226 e. The number of nitrogens with two attached hydrogens (primary N) is 1. The van der Waals surface area contributed by atoms with Crippen molar-refractivity contribution in [1.82, 2.24) is 9.97 Å². The van der Waals surface area contributed by atoms with Gasteiger partial charge in [0.15, 0.2) is 0 Å². The highest BCUT2D eigenvalue weighted by Gasteiger charge is 2.07. The van der Waals surface area contributed by atoms with Gasteiger partial charge in [0.25, 0.3) is 0 Å². The fourth-order valence-electron chi connectivity index (χ4n) is 2.10. The molecule has 2 rings (SSSR count). The Bertz CT molecular complexity index is 611. The number of rotatable bonds is 4. The molecule has 0 atom stereocenters. The predicted octanol–water partition coefficient (Wildman–Crippen LogP) is 3.32. The van der Waals surface area contributed by atoms with Gasteiger partial charge in [-0.05, 0) is 36.1 Å². The molecular formula is C15H20N4O. The van der Waals surface area contributed by atoms with E-state index in [1.165, 1.54) is 11.1 Å². The SMILES string of the molecule is CNc1cc(Oc2ccc(C(C)C)c(C)c2)nc(N)n1. The number of aromatic nitrogens is 2. The zero-order chi connectivity index (χ0) is 14.7. The lowest BCUT2D eigenvalue weighted by Crippen LogP contribution is -2.01. The molecule has 0 spiro atoms. The molecule has 1 aromatic heterocycles. The second-order valence-electron chi connectivity index (χ2n) is 4.97. The summed E-state index contributed by atoms with van der Waals surface area (Å²) in [4.78, 5) is 8.09. The number of aryl methyl sites for hydroxylation is 1. The Balaban J connectivity index is 2.26. The van der Waals surface area contributed by atoms with Gasteiger partial charge in [0.05, 0.1) is 0 Å². The summed E-state index contributed by atoms with van der Waals surface area (Å²) in [6, 6.07) is 7.74. The Labute approximate surface area is 119 Å². The molecule has 0 unspecified atom stereocenters. The minimum Gasteiger partial charge on any atom is -0.439 e. The minimum atomic E-state index is 0.183. The van der Waals surface area contributed by atoms with E-state index in [1.807, 2.05) is 12.1 Å². The van der Waals surface area contributed by atoms with Gasteiger partial charge in [-0.3, -0.25) is 0 Å². The van der Waals surface area contributed by atoms with Gasteiger partial charge in [0, 0.05) is 13.1 Å². The number of benzene rings is 1.